The molecule has 0 fully saturated rings. The van der Waals surface area contributed by atoms with Crippen molar-refractivity contribution >= 4 is 33.0 Å². The standard InChI is InChI=1S/C15H20BrNOS/c1-14(2,3)19(18)17-13-12-7-6-11(16)8-10(12)9-15(13,4)5/h6-8H,9H2,1-5H3/t19-/m0/s1. The van der Waals surface area contributed by atoms with Gasteiger partial charge in [0, 0.05) is 15.5 Å². The fourth-order valence-corrected chi connectivity index (χ4v) is 3.45. The number of benzene rings is 1. The number of nitrogens with zero attached hydrogens (tertiary/aromatic N) is 1. The maximum Gasteiger partial charge on any atom is 0.144 e. The Balaban J connectivity index is 2.48. The quantitative estimate of drug-likeness (QED) is 0.702. The Bertz CT molecular complexity index is 531. The molecule has 1 aromatic carbocycles. The average molecular weight is 342 g/mol. The van der Waals surface area contributed by atoms with Gasteiger partial charge in [-0.1, -0.05) is 40.2 Å². The fraction of sp³-hybridized carbons (Fsp3) is 0.533. The van der Waals surface area contributed by atoms with Crippen molar-refractivity contribution in [2.75, 3.05) is 0 Å². The largest absolute Gasteiger partial charge is 0.591 e. The van der Waals surface area contributed by atoms with Crippen LogP contribution in [0.2, 0.25) is 0 Å². The van der Waals surface area contributed by atoms with Gasteiger partial charge in [-0.2, -0.15) is 0 Å². The SMILES string of the molecule is CC1(C)Cc2cc(Br)ccc2C1=N[S@@+]([O-])C(C)(C)C. The van der Waals surface area contributed by atoms with Crippen molar-refractivity contribution in [1.29, 1.82) is 0 Å². The van der Waals surface area contributed by atoms with Gasteiger partial charge in [0.25, 0.3) is 0 Å². The van der Waals surface area contributed by atoms with E-state index in [4.69, 9.17) is 0 Å². The molecule has 1 aliphatic rings. The Labute approximate surface area is 127 Å². The van der Waals surface area contributed by atoms with E-state index in [0.29, 0.717) is 0 Å². The molecule has 0 saturated heterocycles. The molecule has 0 amide bonds. The van der Waals surface area contributed by atoms with Crippen molar-refractivity contribution in [3.63, 3.8) is 0 Å². The summed E-state index contributed by atoms with van der Waals surface area (Å²) in [6.07, 6.45) is 0.946. The van der Waals surface area contributed by atoms with Crippen LogP contribution in [-0.4, -0.2) is 15.0 Å². The maximum atomic E-state index is 12.3. The van der Waals surface area contributed by atoms with Crippen molar-refractivity contribution in [2.45, 2.75) is 45.8 Å². The lowest BCUT2D eigenvalue weighted by Gasteiger charge is -2.22. The minimum absolute atomic E-state index is 0.0516. The summed E-state index contributed by atoms with van der Waals surface area (Å²) in [6, 6.07) is 6.24. The molecule has 1 aromatic rings. The molecule has 4 heteroatoms. The molecule has 0 unspecified atom stereocenters. The highest BCUT2D eigenvalue weighted by Crippen LogP contribution is 2.39. The normalized spacial score (nSPS) is 21.5. The minimum atomic E-state index is -1.21. The predicted octanol–water partition coefficient (Wildman–Crippen LogP) is 4.28. The molecule has 1 aliphatic carbocycles. The molecular weight excluding hydrogens is 322 g/mol. The van der Waals surface area contributed by atoms with Gasteiger partial charge in [-0.05, 0) is 44.9 Å². The lowest BCUT2D eigenvalue weighted by Crippen LogP contribution is -2.29. The van der Waals surface area contributed by atoms with Gasteiger partial charge in [0.2, 0.25) is 0 Å². The first-order valence-corrected chi connectivity index (χ1v) is 8.31. The van der Waals surface area contributed by atoms with E-state index in [1.165, 1.54) is 5.56 Å². The van der Waals surface area contributed by atoms with Crippen LogP contribution in [0.15, 0.2) is 27.1 Å². The van der Waals surface area contributed by atoms with E-state index in [-0.39, 0.29) is 10.2 Å². The van der Waals surface area contributed by atoms with E-state index in [1.54, 1.807) is 0 Å². The molecule has 0 spiro atoms. The van der Waals surface area contributed by atoms with E-state index in [1.807, 2.05) is 26.8 Å². The van der Waals surface area contributed by atoms with Crippen molar-refractivity contribution in [3.8, 4) is 0 Å². The zero-order valence-electron chi connectivity index (χ0n) is 12.1. The molecule has 0 heterocycles. The number of rotatable bonds is 1. The Kier molecular flexibility index (Phi) is 3.89. The molecule has 0 saturated carbocycles. The molecule has 2 rings (SSSR count). The first kappa shape index (κ1) is 15.1. The second kappa shape index (κ2) is 4.90. The molecule has 0 bridgehead atoms. The summed E-state index contributed by atoms with van der Waals surface area (Å²) in [7, 11) is 0. The van der Waals surface area contributed by atoms with Crippen molar-refractivity contribution in [1.82, 2.24) is 0 Å². The van der Waals surface area contributed by atoms with E-state index in [2.05, 4.69) is 46.3 Å². The van der Waals surface area contributed by atoms with Gasteiger partial charge >= 0.3 is 0 Å². The molecular formula is C15H20BrNOS. The summed E-state index contributed by atoms with van der Waals surface area (Å²) in [5.41, 5.74) is 3.35. The zero-order valence-corrected chi connectivity index (χ0v) is 14.5. The molecule has 2 nitrogen and oxygen atoms in total. The molecule has 104 valence electrons. The lowest BCUT2D eigenvalue weighted by atomic mass is 9.88. The van der Waals surface area contributed by atoms with Crippen LogP contribution in [0.25, 0.3) is 0 Å². The molecule has 0 aromatic heterocycles. The first-order chi connectivity index (χ1) is 8.61. The van der Waals surface area contributed by atoms with Crippen molar-refractivity contribution in [3.05, 3.63) is 33.8 Å². The minimum Gasteiger partial charge on any atom is -0.591 e. The third-order valence-electron chi connectivity index (χ3n) is 3.29. The van der Waals surface area contributed by atoms with Crippen LogP contribution in [0.1, 0.15) is 45.7 Å². The van der Waals surface area contributed by atoms with Crippen LogP contribution < -0.4 is 0 Å². The molecule has 0 aliphatic heterocycles. The predicted molar refractivity (Wildman–Crippen MR) is 86.1 cm³/mol. The van der Waals surface area contributed by atoms with E-state index < -0.39 is 11.4 Å². The third-order valence-corrected chi connectivity index (χ3v) is 5.18. The topological polar surface area (TPSA) is 35.4 Å². The Morgan fingerprint density at radius 2 is 1.95 bits per heavy atom. The van der Waals surface area contributed by atoms with Gasteiger partial charge in [0.1, 0.15) is 21.8 Å². The monoisotopic (exact) mass is 341 g/mol. The number of fused-ring (bicyclic) bond motifs is 1. The fourth-order valence-electron chi connectivity index (χ4n) is 2.26. The summed E-state index contributed by atoms with van der Waals surface area (Å²) in [5, 5.41) is 0. The Hall–Kier alpha value is -0.320. The van der Waals surface area contributed by atoms with Crippen LogP contribution >= 0.6 is 15.9 Å². The van der Waals surface area contributed by atoms with Gasteiger partial charge in [-0.3, -0.25) is 0 Å². The summed E-state index contributed by atoms with van der Waals surface area (Å²) >= 11 is 2.29. The van der Waals surface area contributed by atoms with E-state index in [0.717, 1.165) is 22.2 Å². The van der Waals surface area contributed by atoms with Crippen LogP contribution in [0, 0.1) is 5.41 Å². The van der Waals surface area contributed by atoms with Crippen LogP contribution in [0.5, 0.6) is 0 Å². The van der Waals surface area contributed by atoms with Crippen LogP contribution in [0.3, 0.4) is 0 Å². The summed E-state index contributed by atoms with van der Waals surface area (Å²) in [4.78, 5) is 0. The zero-order chi connectivity index (χ0) is 14.4. The number of hydrogen-bond donors (Lipinski definition) is 0. The van der Waals surface area contributed by atoms with Crippen molar-refractivity contribution < 1.29 is 4.55 Å². The third kappa shape index (κ3) is 3.06. The van der Waals surface area contributed by atoms with Gasteiger partial charge in [0.05, 0.1) is 0 Å². The lowest BCUT2D eigenvalue weighted by molar-refractivity contribution is 0.536. The Morgan fingerprint density at radius 3 is 2.53 bits per heavy atom. The summed E-state index contributed by atoms with van der Waals surface area (Å²) in [6.45, 7) is 10.2. The smallest absolute Gasteiger partial charge is 0.144 e. The molecule has 0 radical (unpaired) electrons. The van der Waals surface area contributed by atoms with Gasteiger partial charge < -0.3 is 4.55 Å². The molecule has 0 N–H and O–H groups in total. The Morgan fingerprint density at radius 1 is 1.32 bits per heavy atom. The van der Waals surface area contributed by atoms with Gasteiger partial charge in [0.15, 0.2) is 0 Å². The first-order valence-electron chi connectivity index (χ1n) is 6.41. The molecule has 1 atom stereocenters. The number of hydrogen-bond acceptors (Lipinski definition) is 2. The summed E-state index contributed by atoms with van der Waals surface area (Å²) in [5.74, 6) is 0. The maximum absolute atomic E-state index is 12.3. The summed E-state index contributed by atoms with van der Waals surface area (Å²) < 4.78 is 17.6. The highest BCUT2D eigenvalue weighted by molar-refractivity contribution is 9.10. The van der Waals surface area contributed by atoms with E-state index >= 15 is 0 Å². The second-order valence-corrected chi connectivity index (χ2v) is 9.48. The van der Waals surface area contributed by atoms with Crippen LogP contribution in [-0.2, 0) is 17.8 Å². The molecule has 19 heavy (non-hydrogen) atoms. The van der Waals surface area contributed by atoms with E-state index in [9.17, 15) is 4.55 Å². The van der Waals surface area contributed by atoms with Crippen molar-refractivity contribution in [2.24, 2.45) is 9.81 Å². The highest BCUT2D eigenvalue weighted by Gasteiger charge is 2.39. The van der Waals surface area contributed by atoms with Crippen LogP contribution in [0.4, 0.5) is 0 Å². The second-order valence-electron chi connectivity index (χ2n) is 6.66. The highest BCUT2D eigenvalue weighted by atomic mass is 79.9. The average Bonchev–Trinajstić information content (AvgIpc) is 2.47. The number of halogens is 1. The van der Waals surface area contributed by atoms with Gasteiger partial charge in [-0.15, -0.1) is 0 Å². The van der Waals surface area contributed by atoms with Gasteiger partial charge in [-0.25, -0.2) is 0 Å².